The summed E-state index contributed by atoms with van der Waals surface area (Å²) in [6, 6.07) is 1.53. The molecule has 0 aliphatic rings. The van der Waals surface area contributed by atoms with Gasteiger partial charge < -0.3 is 10.7 Å². The van der Waals surface area contributed by atoms with E-state index in [1.165, 1.54) is 12.3 Å². The average molecular weight is 203 g/mol. The molecule has 1 rings (SSSR count). The van der Waals surface area contributed by atoms with E-state index >= 15 is 0 Å². The van der Waals surface area contributed by atoms with E-state index in [0.29, 0.717) is 18.8 Å². The lowest BCUT2D eigenvalue weighted by Crippen LogP contribution is -2.22. The first kappa shape index (κ1) is 10.2. The number of aromatic amines is 1. The fourth-order valence-corrected chi connectivity index (χ4v) is 2.02. The van der Waals surface area contributed by atoms with E-state index in [-0.39, 0.29) is 4.90 Å². The summed E-state index contributed by atoms with van der Waals surface area (Å²) in [6.45, 7) is 2.42. The van der Waals surface area contributed by atoms with Crippen molar-refractivity contribution in [3.63, 3.8) is 0 Å². The lowest BCUT2D eigenvalue weighted by Gasteiger charge is -1.99. The topological polar surface area (TPSA) is 88.0 Å². The highest BCUT2D eigenvalue weighted by molar-refractivity contribution is 7.89. The number of rotatable bonds is 4. The lowest BCUT2D eigenvalue weighted by molar-refractivity contribution is 0.584. The predicted octanol–water partition coefficient (Wildman–Crippen LogP) is -0.228. The molecule has 0 atom stereocenters. The lowest BCUT2D eigenvalue weighted by atomic mass is 10.4. The molecule has 13 heavy (non-hydrogen) atoms. The summed E-state index contributed by atoms with van der Waals surface area (Å²) in [4.78, 5) is 3.01. The molecule has 0 spiro atoms. The molecule has 0 radical (unpaired) electrons. The van der Waals surface area contributed by atoms with Gasteiger partial charge in [-0.3, -0.25) is 0 Å². The Morgan fingerprint density at radius 1 is 1.62 bits per heavy atom. The molecule has 5 nitrogen and oxygen atoms in total. The minimum atomic E-state index is -3.34. The minimum absolute atomic E-state index is 0.231. The van der Waals surface area contributed by atoms with Gasteiger partial charge in [0.15, 0.2) is 0 Å². The molecule has 1 aromatic heterocycles. The molecule has 1 aromatic rings. The molecule has 0 saturated heterocycles. The van der Waals surface area contributed by atoms with Crippen molar-refractivity contribution in [3.05, 3.63) is 18.0 Å². The minimum Gasteiger partial charge on any atom is -0.363 e. The summed E-state index contributed by atoms with van der Waals surface area (Å²) in [6.07, 6.45) is 1.43. The van der Waals surface area contributed by atoms with Crippen molar-refractivity contribution in [2.75, 3.05) is 6.54 Å². The van der Waals surface area contributed by atoms with Crippen LogP contribution in [0.1, 0.15) is 12.6 Å². The van der Waals surface area contributed by atoms with Gasteiger partial charge >= 0.3 is 0 Å². The van der Waals surface area contributed by atoms with Crippen LogP contribution in [-0.2, 0) is 16.6 Å². The van der Waals surface area contributed by atoms with Gasteiger partial charge in [-0.1, -0.05) is 6.92 Å². The van der Waals surface area contributed by atoms with E-state index in [1.54, 1.807) is 6.92 Å². The number of hydrogen-bond acceptors (Lipinski definition) is 3. The Bertz CT molecular complexity index is 369. The third-order valence-corrected chi connectivity index (χ3v) is 3.11. The molecular weight excluding hydrogens is 190 g/mol. The first-order valence-electron chi connectivity index (χ1n) is 3.97. The monoisotopic (exact) mass is 203 g/mol. The Labute approximate surface area is 77.4 Å². The maximum Gasteiger partial charge on any atom is 0.242 e. The van der Waals surface area contributed by atoms with Crippen LogP contribution in [0.5, 0.6) is 0 Å². The molecule has 0 bridgehead atoms. The van der Waals surface area contributed by atoms with Crippen LogP contribution >= 0.6 is 0 Å². The Balaban J connectivity index is 2.94. The Kier molecular flexibility index (Phi) is 3.07. The van der Waals surface area contributed by atoms with Crippen LogP contribution in [0.2, 0.25) is 0 Å². The second-order valence-corrected chi connectivity index (χ2v) is 4.33. The van der Waals surface area contributed by atoms with Crippen LogP contribution in [0.4, 0.5) is 0 Å². The fraction of sp³-hybridized carbons (Fsp3) is 0.429. The molecule has 0 amide bonds. The van der Waals surface area contributed by atoms with Crippen molar-refractivity contribution < 1.29 is 8.42 Å². The number of aromatic nitrogens is 1. The normalized spacial score (nSPS) is 11.8. The van der Waals surface area contributed by atoms with E-state index in [0.717, 1.165) is 0 Å². The number of nitrogens with one attached hydrogen (secondary N) is 2. The van der Waals surface area contributed by atoms with Crippen LogP contribution in [-0.4, -0.2) is 19.9 Å². The van der Waals surface area contributed by atoms with Crippen molar-refractivity contribution >= 4 is 10.0 Å². The third-order valence-electron chi connectivity index (χ3n) is 1.58. The first-order chi connectivity index (χ1) is 6.10. The molecule has 0 aromatic carbocycles. The second-order valence-electron chi connectivity index (χ2n) is 2.57. The van der Waals surface area contributed by atoms with Gasteiger partial charge in [-0.2, -0.15) is 0 Å². The molecule has 0 fully saturated rings. The Hall–Kier alpha value is -0.850. The van der Waals surface area contributed by atoms with Crippen molar-refractivity contribution in [1.82, 2.24) is 9.71 Å². The standard InChI is InChI=1S/C7H13N3O2S/c1-2-10-13(11,12)7-3-6(4-8)9-5-7/h3,5,9-10H,2,4,8H2,1H3. The number of sulfonamides is 1. The van der Waals surface area contributed by atoms with Gasteiger partial charge in [-0.25, -0.2) is 13.1 Å². The first-order valence-corrected chi connectivity index (χ1v) is 5.45. The van der Waals surface area contributed by atoms with Crippen molar-refractivity contribution in [2.24, 2.45) is 5.73 Å². The summed E-state index contributed by atoms with van der Waals surface area (Å²) in [5.74, 6) is 0. The predicted molar refractivity (Wildman–Crippen MR) is 49.5 cm³/mol. The number of H-pyrrole nitrogens is 1. The van der Waals surface area contributed by atoms with Gasteiger partial charge in [0.1, 0.15) is 0 Å². The van der Waals surface area contributed by atoms with Crippen molar-refractivity contribution in [1.29, 1.82) is 0 Å². The smallest absolute Gasteiger partial charge is 0.242 e. The highest BCUT2D eigenvalue weighted by Crippen LogP contribution is 2.09. The van der Waals surface area contributed by atoms with Gasteiger partial charge in [-0.05, 0) is 6.07 Å². The third kappa shape index (κ3) is 2.30. The van der Waals surface area contributed by atoms with Crippen molar-refractivity contribution in [3.8, 4) is 0 Å². The zero-order chi connectivity index (χ0) is 9.90. The van der Waals surface area contributed by atoms with Gasteiger partial charge in [0, 0.05) is 25.0 Å². The fourth-order valence-electron chi connectivity index (χ4n) is 0.965. The zero-order valence-corrected chi connectivity index (χ0v) is 8.19. The summed E-state index contributed by atoms with van der Waals surface area (Å²) < 4.78 is 25.2. The van der Waals surface area contributed by atoms with E-state index in [1.807, 2.05) is 0 Å². The molecule has 6 heteroatoms. The summed E-state index contributed by atoms with van der Waals surface area (Å²) in [7, 11) is -3.34. The SMILES string of the molecule is CCNS(=O)(=O)c1c[nH]c(CN)c1. The van der Waals surface area contributed by atoms with Gasteiger partial charge in [0.2, 0.25) is 10.0 Å². The maximum atomic E-state index is 11.4. The average Bonchev–Trinajstić information content (AvgIpc) is 2.52. The molecule has 0 aliphatic heterocycles. The van der Waals surface area contributed by atoms with Gasteiger partial charge in [-0.15, -0.1) is 0 Å². The summed E-state index contributed by atoms with van der Waals surface area (Å²) >= 11 is 0. The Morgan fingerprint density at radius 2 is 2.31 bits per heavy atom. The van der Waals surface area contributed by atoms with Crippen LogP contribution in [0.3, 0.4) is 0 Å². The Morgan fingerprint density at radius 3 is 2.77 bits per heavy atom. The van der Waals surface area contributed by atoms with Crippen molar-refractivity contribution in [2.45, 2.75) is 18.4 Å². The molecule has 74 valence electrons. The van der Waals surface area contributed by atoms with E-state index < -0.39 is 10.0 Å². The van der Waals surface area contributed by atoms with Gasteiger partial charge in [0.25, 0.3) is 0 Å². The van der Waals surface area contributed by atoms with E-state index in [2.05, 4.69) is 9.71 Å². The van der Waals surface area contributed by atoms with Crippen LogP contribution < -0.4 is 10.5 Å². The summed E-state index contributed by atoms with van der Waals surface area (Å²) in [5, 5.41) is 0. The molecule has 1 heterocycles. The molecule has 4 N–H and O–H groups in total. The second kappa shape index (κ2) is 3.91. The van der Waals surface area contributed by atoms with E-state index in [4.69, 9.17) is 5.73 Å². The highest BCUT2D eigenvalue weighted by Gasteiger charge is 2.13. The largest absolute Gasteiger partial charge is 0.363 e. The quantitative estimate of drug-likeness (QED) is 0.631. The summed E-state index contributed by atoms with van der Waals surface area (Å²) in [5.41, 5.74) is 6.04. The maximum absolute atomic E-state index is 11.4. The van der Waals surface area contributed by atoms with Crippen LogP contribution in [0.25, 0.3) is 0 Å². The zero-order valence-electron chi connectivity index (χ0n) is 7.37. The molecule has 0 saturated carbocycles. The number of hydrogen-bond donors (Lipinski definition) is 3. The highest BCUT2D eigenvalue weighted by atomic mass is 32.2. The molecule has 0 aliphatic carbocycles. The van der Waals surface area contributed by atoms with Crippen LogP contribution in [0, 0.1) is 0 Å². The molecular formula is C7H13N3O2S. The van der Waals surface area contributed by atoms with Crippen LogP contribution in [0.15, 0.2) is 17.2 Å². The molecule has 0 unspecified atom stereocenters. The number of nitrogens with two attached hydrogens (primary N) is 1. The van der Waals surface area contributed by atoms with Gasteiger partial charge in [0.05, 0.1) is 4.90 Å². The van der Waals surface area contributed by atoms with E-state index in [9.17, 15) is 8.42 Å².